The van der Waals surface area contributed by atoms with Crippen LogP contribution in [0, 0.1) is 11.8 Å². The summed E-state index contributed by atoms with van der Waals surface area (Å²) in [6, 6.07) is 7.44. The van der Waals surface area contributed by atoms with Crippen LogP contribution < -0.4 is 10.6 Å². The van der Waals surface area contributed by atoms with Crippen LogP contribution >= 0.6 is 0 Å². The maximum Gasteiger partial charge on any atom is 0.308 e. The fraction of sp³-hybridized carbons (Fsp3) is 0.524. The van der Waals surface area contributed by atoms with Gasteiger partial charge in [0.15, 0.2) is 0 Å². The van der Waals surface area contributed by atoms with Gasteiger partial charge in [-0.05, 0) is 31.0 Å². The molecule has 1 amide bonds. The van der Waals surface area contributed by atoms with E-state index >= 15 is 0 Å². The fourth-order valence-electron chi connectivity index (χ4n) is 3.13. The third kappa shape index (κ3) is 5.57. The number of aromatic amines is 1. The van der Waals surface area contributed by atoms with Gasteiger partial charge in [-0.1, -0.05) is 45.9 Å². The molecule has 0 saturated carbocycles. The first-order valence-corrected chi connectivity index (χ1v) is 9.52. The monoisotopic (exact) mass is 373 g/mol. The summed E-state index contributed by atoms with van der Waals surface area (Å²) >= 11 is 0. The number of carbonyl (C=O) groups excluding carboxylic acids is 2. The molecular weight excluding hydrogens is 342 g/mol. The predicted octanol–water partition coefficient (Wildman–Crippen LogP) is 2.64. The van der Waals surface area contributed by atoms with Crippen molar-refractivity contribution in [2.24, 2.45) is 11.8 Å². The van der Waals surface area contributed by atoms with Crippen molar-refractivity contribution in [1.82, 2.24) is 15.6 Å². The van der Waals surface area contributed by atoms with E-state index in [0.717, 1.165) is 16.5 Å². The summed E-state index contributed by atoms with van der Waals surface area (Å²) in [4.78, 5) is 27.8. The van der Waals surface area contributed by atoms with Crippen LogP contribution in [0.3, 0.4) is 0 Å². The van der Waals surface area contributed by atoms with E-state index in [1.165, 1.54) is 0 Å². The molecule has 0 spiro atoms. The first kappa shape index (κ1) is 21.0. The van der Waals surface area contributed by atoms with E-state index in [2.05, 4.69) is 15.6 Å². The van der Waals surface area contributed by atoms with Gasteiger partial charge in [0, 0.05) is 17.1 Å². The number of aromatic nitrogens is 1. The predicted molar refractivity (Wildman–Crippen MR) is 107 cm³/mol. The van der Waals surface area contributed by atoms with E-state index in [4.69, 9.17) is 4.74 Å². The second-order valence-electron chi connectivity index (χ2n) is 7.56. The number of benzene rings is 1. The normalized spacial score (nSPS) is 13.7. The van der Waals surface area contributed by atoms with Gasteiger partial charge in [-0.25, -0.2) is 0 Å². The lowest BCUT2D eigenvalue weighted by molar-refractivity contribution is -0.148. The topological polar surface area (TPSA) is 83.2 Å². The smallest absolute Gasteiger partial charge is 0.308 e. The summed E-state index contributed by atoms with van der Waals surface area (Å²) in [7, 11) is 1.78. The Morgan fingerprint density at radius 3 is 2.48 bits per heavy atom. The molecule has 0 bridgehead atoms. The van der Waals surface area contributed by atoms with Crippen molar-refractivity contribution in [3.8, 4) is 0 Å². The molecule has 0 radical (unpaired) electrons. The molecule has 0 aliphatic heterocycles. The SMILES string of the molecule is CN[C@H](C(=O)N[C@H](COC(=O)C(C)C)Cc1c[nH]c2ccccc12)C(C)C. The number of ether oxygens (including phenoxy) is 1. The number of rotatable bonds is 9. The Hall–Kier alpha value is -2.34. The largest absolute Gasteiger partial charge is 0.463 e. The van der Waals surface area contributed by atoms with Crippen LogP contribution in [0.15, 0.2) is 30.5 Å². The van der Waals surface area contributed by atoms with Gasteiger partial charge in [-0.2, -0.15) is 0 Å². The number of para-hydroxylation sites is 1. The van der Waals surface area contributed by atoms with Gasteiger partial charge >= 0.3 is 5.97 Å². The van der Waals surface area contributed by atoms with E-state index in [-0.39, 0.29) is 42.4 Å². The van der Waals surface area contributed by atoms with Crippen LogP contribution in [0.2, 0.25) is 0 Å². The van der Waals surface area contributed by atoms with Crippen molar-refractivity contribution in [2.45, 2.75) is 46.2 Å². The van der Waals surface area contributed by atoms with Gasteiger partial charge in [0.05, 0.1) is 18.0 Å². The molecule has 0 aliphatic carbocycles. The average Bonchev–Trinajstić information content (AvgIpc) is 3.02. The van der Waals surface area contributed by atoms with E-state index in [1.807, 2.05) is 44.3 Å². The fourth-order valence-corrected chi connectivity index (χ4v) is 3.13. The summed E-state index contributed by atoms with van der Waals surface area (Å²) in [5, 5.41) is 7.22. The Kier molecular flexibility index (Phi) is 7.42. The van der Waals surface area contributed by atoms with Gasteiger partial charge in [0.1, 0.15) is 6.61 Å². The molecule has 0 fully saturated rings. The quantitative estimate of drug-likeness (QED) is 0.590. The molecule has 1 aromatic heterocycles. The molecule has 1 aromatic carbocycles. The summed E-state index contributed by atoms with van der Waals surface area (Å²) in [5.74, 6) is -0.391. The lowest BCUT2D eigenvalue weighted by atomic mass is 10.0. The minimum Gasteiger partial charge on any atom is -0.463 e. The Bertz CT molecular complexity index is 767. The van der Waals surface area contributed by atoms with Gasteiger partial charge in [-0.15, -0.1) is 0 Å². The standard InChI is InChI=1S/C21H31N3O3/c1-13(2)19(22-5)20(25)24-16(12-27-21(26)14(3)4)10-15-11-23-18-9-7-6-8-17(15)18/h6-9,11,13-14,16,19,22-23H,10,12H2,1-5H3,(H,24,25)/t16-,19-/m0/s1. The summed E-state index contributed by atoms with van der Waals surface area (Å²) in [5.41, 5.74) is 2.13. The summed E-state index contributed by atoms with van der Waals surface area (Å²) in [6.45, 7) is 7.73. The van der Waals surface area contributed by atoms with Crippen LogP contribution in [0.5, 0.6) is 0 Å². The van der Waals surface area contributed by atoms with E-state index < -0.39 is 0 Å². The molecule has 6 heteroatoms. The number of nitrogens with one attached hydrogen (secondary N) is 3. The highest BCUT2D eigenvalue weighted by molar-refractivity contribution is 5.84. The lowest BCUT2D eigenvalue weighted by Gasteiger charge is -2.24. The molecule has 148 valence electrons. The van der Waals surface area contributed by atoms with Crippen molar-refractivity contribution in [3.05, 3.63) is 36.0 Å². The number of hydrogen-bond acceptors (Lipinski definition) is 4. The Balaban J connectivity index is 2.15. The zero-order valence-electron chi connectivity index (χ0n) is 16.8. The number of amides is 1. The van der Waals surface area contributed by atoms with Crippen LogP contribution in [0.1, 0.15) is 33.3 Å². The first-order valence-electron chi connectivity index (χ1n) is 9.52. The van der Waals surface area contributed by atoms with E-state index in [9.17, 15) is 9.59 Å². The third-order valence-corrected chi connectivity index (χ3v) is 4.65. The number of esters is 1. The first-order chi connectivity index (χ1) is 12.8. The van der Waals surface area contributed by atoms with E-state index in [0.29, 0.717) is 6.42 Å². The summed E-state index contributed by atoms with van der Waals surface area (Å²) in [6.07, 6.45) is 2.53. The van der Waals surface area contributed by atoms with Crippen LogP contribution in [-0.4, -0.2) is 42.6 Å². The minimum atomic E-state index is -0.297. The van der Waals surface area contributed by atoms with Crippen molar-refractivity contribution in [1.29, 1.82) is 0 Å². The Morgan fingerprint density at radius 1 is 1.15 bits per heavy atom. The second kappa shape index (κ2) is 9.55. The van der Waals surface area contributed by atoms with Crippen molar-refractivity contribution in [3.63, 3.8) is 0 Å². The maximum atomic E-state index is 12.7. The minimum absolute atomic E-state index is 0.0852. The molecule has 3 N–H and O–H groups in total. The number of fused-ring (bicyclic) bond motifs is 1. The van der Waals surface area contributed by atoms with Gasteiger partial charge in [-0.3, -0.25) is 9.59 Å². The van der Waals surface area contributed by atoms with E-state index in [1.54, 1.807) is 20.9 Å². The van der Waals surface area contributed by atoms with Crippen LogP contribution in [0.4, 0.5) is 0 Å². The molecule has 0 aliphatic rings. The second-order valence-corrected chi connectivity index (χ2v) is 7.56. The number of likely N-dealkylation sites (N-methyl/N-ethyl adjacent to an activating group) is 1. The molecular formula is C21H31N3O3. The molecule has 2 rings (SSSR count). The maximum absolute atomic E-state index is 12.7. The highest BCUT2D eigenvalue weighted by atomic mass is 16.5. The molecule has 0 unspecified atom stereocenters. The van der Waals surface area contributed by atoms with Crippen LogP contribution in [-0.2, 0) is 20.7 Å². The number of hydrogen-bond donors (Lipinski definition) is 3. The molecule has 2 aromatic rings. The molecule has 6 nitrogen and oxygen atoms in total. The molecule has 2 atom stereocenters. The van der Waals surface area contributed by atoms with Crippen molar-refractivity contribution >= 4 is 22.8 Å². The lowest BCUT2D eigenvalue weighted by Crippen LogP contribution is -2.51. The van der Waals surface area contributed by atoms with Gasteiger partial charge < -0.3 is 20.4 Å². The molecule has 27 heavy (non-hydrogen) atoms. The number of H-pyrrole nitrogens is 1. The van der Waals surface area contributed by atoms with Crippen molar-refractivity contribution in [2.75, 3.05) is 13.7 Å². The Morgan fingerprint density at radius 2 is 1.85 bits per heavy atom. The van der Waals surface area contributed by atoms with Gasteiger partial charge in [0.2, 0.25) is 5.91 Å². The van der Waals surface area contributed by atoms with Crippen LogP contribution in [0.25, 0.3) is 10.9 Å². The third-order valence-electron chi connectivity index (χ3n) is 4.65. The molecule has 0 saturated heterocycles. The average molecular weight is 373 g/mol. The zero-order chi connectivity index (χ0) is 20.0. The molecule has 1 heterocycles. The zero-order valence-corrected chi connectivity index (χ0v) is 16.8. The highest BCUT2D eigenvalue weighted by Crippen LogP contribution is 2.19. The van der Waals surface area contributed by atoms with Gasteiger partial charge in [0.25, 0.3) is 0 Å². The van der Waals surface area contributed by atoms with Crippen molar-refractivity contribution < 1.29 is 14.3 Å². The summed E-state index contributed by atoms with van der Waals surface area (Å²) < 4.78 is 5.42. The highest BCUT2D eigenvalue weighted by Gasteiger charge is 2.24. The Labute approximate surface area is 161 Å². The number of carbonyl (C=O) groups is 2.